The maximum atomic E-state index is 13.7. The number of rotatable bonds is 6. The van der Waals surface area contributed by atoms with Gasteiger partial charge < -0.3 is 14.2 Å². The summed E-state index contributed by atoms with van der Waals surface area (Å²) in [5, 5.41) is 0. The molecule has 19 heteroatoms. The van der Waals surface area contributed by atoms with Crippen molar-refractivity contribution in [2.75, 3.05) is 5.75 Å². The molecule has 0 aromatic heterocycles. The van der Waals surface area contributed by atoms with E-state index in [1.165, 1.54) is 0 Å². The molecule has 1 aliphatic heterocycles. The predicted molar refractivity (Wildman–Crippen MR) is 140 cm³/mol. The van der Waals surface area contributed by atoms with E-state index in [-0.39, 0.29) is 12.0 Å². The molecule has 216 valence electrons. The lowest BCUT2D eigenvalue weighted by molar-refractivity contribution is -0.362. The summed E-state index contributed by atoms with van der Waals surface area (Å²) in [6, 6.07) is 3.32. The lowest BCUT2D eigenvalue weighted by atomic mass is 9.78. The first-order chi connectivity index (χ1) is 17.7. The van der Waals surface area contributed by atoms with Crippen LogP contribution in [0.4, 0.5) is 26.3 Å². The summed E-state index contributed by atoms with van der Waals surface area (Å²) in [6.45, 7) is 0. The summed E-state index contributed by atoms with van der Waals surface area (Å²) in [4.78, 5) is 38.5. The highest BCUT2D eigenvalue weighted by Gasteiger charge is 2.77. The predicted octanol–water partition coefficient (Wildman–Crippen LogP) is 4.13. The highest BCUT2D eigenvalue weighted by molar-refractivity contribution is 14.1. The Hall–Kier alpha value is -0.690. The lowest BCUT2D eigenvalue weighted by Gasteiger charge is -2.38. The number of fused-ring (bicyclic) bond motifs is 1. The van der Waals surface area contributed by atoms with Gasteiger partial charge in [0.25, 0.3) is 10.1 Å². The molecule has 9 nitrogen and oxygen atoms in total. The van der Waals surface area contributed by atoms with Gasteiger partial charge in [0.15, 0.2) is 0 Å². The van der Waals surface area contributed by atoms with Crippen LogP contribution in [0.5, 0.6) is 0 Å². The zero-order valence-electron chi connectivity index (χ0n) is 18.6. The minimum atomic E-state index is -6.53. The van der Waals surface area contributed by atoms with Crippen molar-refractivity contribution in [3.8, 4) is 0 Å². The van der Waals surface area contributed by atoms with Crippen LogP contribution in [0.2, 0.25) is 0 Å². The smallest absolute Gasteiger partial charge is 0.438 e. The van der Waals surface area contributed by atoms with Crippen molar-refractivity contribution >= 4 is 95.8 Å². The van der Waals surface area contributed by atoms with Crippen molar-refractivity contribution in [1.82, 2.24) is 0 Å². The fourth-order valence-electron chi connectivity index (χ4n) is 5.33. The van der Waals surface area contributed by atoms with Gasteiger partial charge in [0.05, 0.1) is 17.4 Å². The molecule has 1 heterocycles. The third-order valence-electron chi connectivity index (χ3n) is 6.89. The zero-order valence-corrected chi connectivity index (χ0v) is 25.8. The molecule has 1 aromatic rings. The molecule has 6 atom stereocenters. The molecular weight excluding hydrogens is 911 g/mol. The van der Waals surface area contributed by atoms with Crippen LogP contribution >= 0.6 is 67.8 Å². The molecule has 4 rings (SSSR count). The van der Waals surface area contributed by atoms with Gasteiger partial charge in [0, 0.05) is 22.5 Å². The summed E-state index contributed by atoms with van der Waals surface area (Å²) in [7, 11) is -6.00. The number of halogens is 9. The molecule has 3 aliphatic rings. The van der Waals surface area contributed by atoms with Crippen molar-refractivity contribution in [2.45, 2.75) is 36.6 Å². The Bertz CT molecular complexity index is 1340. The van der Waals surface area contributed by atoms with Gasteiger partial charge in [-0.25, -0.2) is 4.79 Å². The number of ether oxygens (including phenoxy) is 3. The van der Waals surface area contributed by atoms with Crippen LogP contribution in [-0.4, -0.2) is 66.8 Å². The van der Waals surface area contributed by atoms with Crippen LogP contribution in [0.15, 0.2) is 12.1 Å². The monoisotopic (exact) mass is 924 g/mol. The topological polar surface area (TPSA) is 133 Å². The highest BCUT2D eigenvalue weighted by Crippen LogP contribution is 2.60. The Labute approximate surface area is 256 Å². The van der Waals surface area contributed by atoms with Crippen molar-refractivity contribution in [1.29, 1.82) is 0 Å². The minimum absolute atomic E-state index is 0.118. The number of hydrogen-bond acceptors (Lipinski definition) is 8. The molecule has 6 unspecified atom stereocenters. The number of hydrogen-bond donors (Lipinski definition) is 1. The Balaban J connectivity index is 1.69. The maximum Gasteiger partial charge on any atom is 0.438 e. The molecule has 39 heavy (non-hydrogen) atoms. The molecule has 0 spiro atoms. The largest absolute Gasteiger partial charge is 0.458 e. The van der Waals surface area contributed by atoms with E-state index in [2.05, 4.69) is 4.74 Å². The second kappa shape index (κ2) is 10.2. The highest BCUT2D eigenvalue weighted by atomic mass is 127. The van der Waals surface area contributed by atoms with Crippen molar-refractivity contribution in [3.63, 3.8) is 0 Å². The van der Waals surface area contributed by atoms with Crippen LogP contribution in [0.3, 0.4) is 0 Å². The van der Waals surface area contributed by atoms with Crippen LogP contribution in [0, 0.1) is 34.4 Å². The van der Waals surface area contributed by atoms with Crippen molar-refractivity contribution in [2.24, 2.45) is 23.7 Å². The molecule has 1 aromatic carbocycles. The SMILES string of the molecule is O=C(OC1C2CC3C1OC(=O)C3C2C(=O)OC(CS(=O)(=O)O)(C(F)(F)F)C(F)(F)F)c1c(I)ccc(I)c1I. The quantitative estimate of drug-likeness (QED) is 0.112. The van der Waals surface area contributed by atoms with Gasteiger partial charge in [-0.3, -0.25) is 14.1 Å². The average Bonchev–Trinajstić information content (AvgIpc) is 3.37. The number of alkyl halides is 6. The van der Waals surface area contributed by atoms with E-state index < -0.39 is 87.6 Å². The molecule has 2 aliphatic carbocycles. The van der Waals surface area contributed by atoms with Gasteiger partial charge in [-0.1, -0.05) is 0 Å². The third kappa shape index (κ3) is 5.34. The van der Waals surface area contributed by atoms with E-state index in [4.69, 9.17) is 14.0 Å². The Morgan fingerprint density at radius 1 is 1.03 bits per heavy atom. The maximum absolute atomic E-state index is 13.7. The van der Waals surface area contributed by atoms with E-state index >= 15 is 0 Å². The van der Waals surface area contributed by atoms with Crippen molar-refractivity contribution < 1.29 is 67.9 Å². The molecule has 1 N–H and O–H groups in total. The summed E-state index contributed by atoms with van der Waals surface area (Å²) in [5.41, 5.74) is -5.51. The fourth-order valence-corrected chi connectivity index (χ4v) is 8.56. The zero-order chi connectivity index (χ0) is 29.5. The van der Waals surface area contributed by atoms with E-state index in [1.54, 1.807) is 12.1 Å². The first-order valence-corrected chi connectivity index (χ1v) is 15.4. The normalized spacial score (nSPS) is 28.4. The van der Waals surface area contributed by atoms with Crippen molar-refractivity contribution in [3.05, 3.63) is 28.4 Å². The third-order valence-corrected chi connectivity index (χ3v) is 11.6. The second-order valence-corrected chi connectivity index (χ2v) is 13.9. The van der Waals surface area contributed by atoms with Gasteiger partial charge in [0.2, 0.25) is 0 Å². The number of carbonyl (C=O) groups excluding carboxylic acids is 3. The Morgan fingerprint density at radius 2 is 1.59 bits per heavy atom. The van der Waals surface area contributed by atoms with E-state index in [0.717, 1.165) is 0 Å². The molecule has 2 bridgehead atoms. The van der Waals surface area contributed by atoms with E-state index in [1.807, 2.05) is 67.8 Å². The lowest BCUT2D eigenvalue weighted by Crippen LogP contribution is -2.64. The first kappa shape index (κ1) is 31.3. The Kier molecular flexibility index (Phi) is 8.20. The van der Waals surface area contributed by atoms with Crippen LogP contribution in [0.1, 0.15) is 16.8 Å². The number of esters is 3. The summed E-state index contributed by atoms with van der Waals surface area (Å²) < 4.78 is 130. The molecule has 0 amide bonds. The molecule has 0 radical (unpaired) electrons. The van der Waals surface area contributed by atoms with Gasteiger partial charge in [-0.05, 0) is 86.3 Å². The second-order valence-electron chi connectivity index (χ2n) is 9.07. The molecule has 3 fully saturated rings. The summed E-state index contributed by atoms with van der Waals surface area (Å²) >= 11 is 5.69. The van der Waals surface area contributed by atoms with Crippen LogP contribution < -0.4 is 0 Å². The van der Waals surface area contributed by atoms with E-state index in [0.29, 0.717) is 10.7 Å². The van der Waals surface area contributed by atoms with Gasteiger partial charge in [0.1, 0.15) is 18.0 Å². The minimum Gasteiger partial charge on any atom is -0.458 e. The van der Waals surface area contributed by atoms with Gasteiger partial charge >= 0.3 is 35.9 Å². The molecular formula is C20H13F6I3O9S. The van der Waals surface area contributed by atoms with Crippen LogP contribution in [-0.2, 0) is 33.9 Å². The average molecular weight is 924 g/mol. The van der Waals surface area contributed by atoms with E-state index in [9.17, 15) is 49.1 Å². The fraction of sp³-hybridized carbons (Fsp3) is 0.550. The molecule has 2 saturated carbocycles. The summed E-state index contributed by atoms with van der Waals surface area (Å²) in [5.74, 6) is -12.9. The number of carbonyl (C=O) groups is 3. The first-order valence-electron chi connectivity index (χ1n) is 10.6. The standard InChI is InChI=1S/C20H13F6I3O9S/c21-19(22,23)18(20(24,25)26,4-39(33,34)35)38-17(32)10-6-3-5-9(10)15(30)36-13(5)14(6)37-16(31)11-7(27)1-2-8(28)12(11)29/h1-2,5-6,9-10,13-14H,3-4H2,(H,33,34,35). The molecule has 1 saturated heterocycles. The summed E-state index contributed by atoms with van der Waals surface area (Å²) in [6.07, 6.45) is -15.7. The van der Waals surface area contributed by atoms with Gasteiger partial charge in [-0.2, -0.15) is 34.8 Å². The number of benzene rings is 1. The Morgan fingerprint density at radius 3 is 2.13 bits per heavy atom. The van der Waals surface area contributed by atoms with Gasteiger partial charge in [-0.15, -0.1) is 0 Å². The van der Waals surface area contributed by atoms with Crippen LogP contribution in [0.25, 0.3) is 0 Å².